The van der Waals surface area contributed by atoms with Gasteiger partial charge in [-0.3, -0.25) is 9.30 Å². The summed E-state index contributed by atoms with van der Waals surface area (Å²) in [5, 5.41) is 8.65. The van der Waals surface area contributed by atoms with Crippen LogP contribution in [-0.2, 0) is 6.54 Å². The molecule has 0 aromatic carbocycles. The molecule has 2 aromatic rings. The van der Waals surface area contributed by atoms with Crippen molar-refractivity contribution in [2.24, 2.45) is 10.8 Å². The van der Waals surface area contributed by atoms with E-state index in [1.165, 1.54) is 25.8 Å². The van der Waals surface area contributed by atoms with Crippen molar-refractivity contribution in [2.75, 3.05) is 12.3 Å². The largest absolute Gasteiger partial charge is 0.398 e. The molecular formula is C17H25N5. The quantitative estimate of drug-likeness (QED) is 0.926. The van der Waals surface area contributed by atoms with E-state index in [2.05, 4.69) is 35.9 Å². The lowest BCUT2D eigenvalue weighted by Crippen LogP contribution is -2.34. The molecule has 2 aromatic heterocycles. The van der Waals surface area contributed by atoms with E-state index in [1.807, 2.05) is 22.7 Å². The molecule has 5 nitrogen and oxygen atoms in total. The van der Waals surface area contributed by atoms with E-state index in [0.29, 0.717) is 16.9 Å². The fraction of sp³-hybridized carbons (Fsp3) is 0.647. The molecule has 1 saturated carbocycles. The third kappa shape index (κ3) is 2.28. The molecule has 2 N–H and O–H groups in total. The lowest BCUT2D eigenvalue weighted by molar-refractivity contribution is 0.126. The van der Waals surface area contributed by atoms with E-state index in [-0.39, 0.29) is 0 Å². The highest BCUT2D eigenvalue weighted by Crippen LogP contribution is 2.52. The van der Waals surface area contributed by atoms with Crippen molar-refractivity contribution in [3.63, 3.8) is 0 Å². The summed E-state index contributed by atoms with van der Waals surface area (Å²) in [5.74, 6) is 0.997. The van der Waals surface area contributed by atoms with Crippen LogP contribution >= 0.6 is 0 Å². The number of hydrogen-bond donors (Lipinski definition) is 1. The normalized spacial score (nSPS) is 31.0. The van der Waals surface area contributed by atoms with Crippen LogP contribution in [0.4, 0.5) is 5.69 Å². The summed E-state index contributed by atoms with van der Waals surface area (Å²) >= 11 is 0. The minimum atomic E-state index is 0.448. The highest BCUT2D eigenvalue weighted by molar-refractivity contribution is 5.47. The Morgan fingerprint density at radius 3 is 2.86 bits per heavy atom. The van der Waals surface area contributed by atoms with Gasteiger partial charge in [0.2, 0.25) is 0 Å². The molecule has 4 rings (SSSR count). The summed E-state index contributed by atoms with van der Waals surface area (Å²) in [7, 11) is 0. The van der Waals surface area contributed by atoms with E-state index in [4.69, 9.17) is 5.73 Å². The number of nitrogens with zero attached hydrogens (tertiary/aromatic N) is 4. The Morgan fingerprint density at radius 1 is 1.23 bits per heavy atom. The highest BCUT2D eigenvalue weighted by Gasteiger charge is 2.49. The van der Waals surface area contributed by atoms with Crippen LogP contribution in [0.25, 0.3) is 5.65 Å². The van der Waals surface area contributed by atoms with Gasteiger partial charge in [-0.05, 0) is 42.2 Å². The number of rotatable bonds is 2. The molecule has 5 heteroatoms. The van der Waals surface area contributed by atoms with Crippen molar-refractivity contribution < 1.29 is 0 Å². The van der Waals surface area contributed by atoms with E-state index in [1.54, 1.807) is 0 Å². The predicted octanol–water partition coefficient (Wildman–Crippen LogP) is 2.71. The van der Waals surface area contributed by atoms with Crippen molar-refractivity contribution in [2.45, 2.75) is 52.6 Å². The van der Waals surface area contributed by atoms with E-state index < -0.39 is 0 Å². The Morgan fingerprint density at radius 2 is 2.05 bits per heavy atom. The summed E-state index contributed by atoms with van der Waals surface area (Å²) in [6.07, 6.45) is 5.84. The first kappa shape index (κ1) is 14.0. The maximum Gasteiger partial charge on any atom is 0.160 e. The number of fused-ring (bicyclic) bond motifs is 3. The molecule has 2 atom stereocenters. The van der Waals surface area contributed by atoms with Crippen LogP contribution in [0, 0.1) is 10.8 Å². The van der Waals surface area contributed by atoms with E-state index in [9.17, 15) is 0 Å². The van der Waals surface area contributed by atoms with Crippen LogP contribution in [0.3, 0.4) is 0 Å². The van der Waals surface area contributed by atoms with Crippen LogP contribution in [0.15, 0.2) is 18.3 Å². The van der Waals surface area contributed by atoms with Gasteiger partial charge in [0.25, 0.3) is 0 Å². The van der Waals surface area contributed by atoms with Crippen molar-refractivity contribution in [1.29, 1.82) is 0 Å². The van der Waals surface area contributed by atoms with E-state index >= 15 is 0 Å². The van der Waals surface area contributed by atoms with Crippen molar-refractivity contribution in [1.82, 2.24) is 19.5 Å². The molecule has 2 fully saturated rings. The number of hydrogen-bond acceptors (Lipinski definition) is 4. The monoisotopic (exact) mass is 299 g/mol. The van der Waals surface area contributed by atoms with Crippen LogP contribution in [0.5, 0.6) is 0 Å². The van der Waals surface area contributed by atoms with Gasteiger partial charge in [-0.15, -0.1) is 10.2 Å². The molecule has 118 valence electrons. The number of anilines is 1. The SMILES string of the molecule is CC1(C)CC2CC(C)(CN2Cc2nnc3ccc(N)cn23)C1. The number of nitrogens with two attached hydrogens (primary N) is 1. The smallest absolute Gasteiger partial charge is 0.160 e. The Bertz CT molecular complexity index is 719. The minimum absolute atomic E-state index is 0.448. The zero-order valence-electron chi connectivity index (χ0n) is 13.7. The Labute approximate surface area is 131 Å². The molecule has 1 aliphatic carbocycles. The van der Waals surface area contributed by atoms with Gasteiger partial charge in [0.05, 0.1) is 6.54 Å². The lowest BCUT2D eigenvalue weighted by atomic mass is 9.65. The fourth-order valence-corrected chi connectivity index (χ4v) is 5.01. The molecule has 22 heavy (non-hydrogen) atoms. The van der Waals surface area contributed by atoms with Gasteiger partial charge < -0.3 is 5.73 Å². The first-order chi connectivity index (χ1) is 10.3. The average molecular weight is 299 g/mol. The summed E-state index contributed by atoms with van der Waals surface area (Å²) in [6.45, 7) is 9.29. The molecule has 1 saturated heterocycles. The van der Waals surface area contributed by atoms with Gasteiger partial charge in [-0.2, -0.15) is 0 Å². The van der Waals surface area contributed by atoms with Gasteiger partial charge in [-0.25, -0.2) is 0 Å². The molecule has 1 aliphatic heterocycles. The lowest BCUT2D eigenvalue weighted by Gasteiger charge is -2.39. The fourth-order valence-electron chi connectivity index (χ4n) is 5.01. The zero-order chi connectivity index (χ0) is 15.5. The third-order valence-corrected chi connectivity index (χ3v) is 5.36. The maximum absolute atomic E-state index is 5.91. The number of nitrogen functional groups attached to an aromatic ring is 1. The molecule has 2 unspecified atom stereocenters. The van der Waals surface area contributed by atoms with E-state index in [0.717, 1.165) is 23.7 Å². The molecule has 0 radical (unpaired) electrons. The van der Waals surface area contributed by atoms with Crippen LogP contribution < -0.4 is 5.73 Å². The topological polar surface area (TPSA) is 59.5 Å². The third-order valence-electron chi connectivity index (χ3n) is 5.36. The predicted molar refractivity (Wildman–Crippen MR) is 87.3 cm³/mol. The number of likely N-dealkylation sites (tertiary alicyclic amines) is 1. The highest BCUT2D eigenvalue weighted by atomic mass is 15.3. The summed E-state index contributed by atoms with van der Waals surface area (Å²) < 4.78 is 2.03. The second kappa shape index (κ2) is 4.44. The Hall–Kier alpha value is -1.62. The second-order valence-corrected chi connectivity index (χ2v) is 8.43. The van der Waals surface area contributed by atoms with Crippen molar-refractivity contribution in [3.8, 4) is 0 Å². The van der Waals surface area contributed by atoms with Gasteiger partial charge in [0, 0.05) is 24.5 Å². The van der Waals surface area contributed by atoms with Crippen LogP contribution in [0.2, 0.25) is 0 Å². The molecule has 0 spiro atoms. The van der Waals surface area contributed by atoms with Crippen molar-refractivity contribution >= 4 is 11.3 Å². The summed E-state index contributed by atoms with van der Waals surface area (Å²) in [4.78, 5) is 2.61. The van der Waals surface area contributed by atoms with Gasteiger partial charge in [0.15, 0.2) is 11.5 Å². The molecule has 2 aliphatic rings. The molecular weight excluding hydrogens is 274 g/mol. The first-order valence-electron chi connectivity index (χ1n) is 8.17. The second-order valence-electron chi connectivity index (χ2n) is 8.43. The van der Waals surface area contributed by atoms with Gasteiger partial charge in [-0.1, -0.05) is 20.8 Å². The standard InChI is InChI=1S/C17H25N5/c1-16(2)6-13-7-17(3,10-16)11-21(13)9-15-20-19-14-5-4-12(18)8-22(14)15/h4-5,8,13H,6-7,9-11,18H2,1-3H3. The summed E-state index contributed by atoms with van der Waals surface area (Å²) in [6, 6.07) is 4.47. The number of aromatic nitrogens is 3. The van der Waals surface area contributed by atoms with Gasteiger partial charge >= 0.3 is 0 Å². The number of pyridine rings is 1. The molecule has 2 bridgehead atoms. The Balaban J connectivity index is 1.62. The maximum atomic E-state index is 5.91. The summed E-state index contributed by atoms with van der Waals surface area (Å²) in [5.41, 5.74) is 8.44. The zero-order valence-corrected chi connectivity index (χ0v) is 13.7. The van der Waals surface area contributed by atoms with Crippen LogP contribution in [0.1, 0.15) is 45.9 Å². The molecule has 0 amide bonds. The van der Waals surface area contributed by atoms with Crippen LogP contribution in [-0.4, -0.2) is 32.1 Å². The van der Waals surface area contributed by atoms with Gasteiger partial charge in [0.1, 0.15) is 0 Å². The minimum Gasteiger partial charge on any atom is -0.398 e. The molecule has 3 heterocycles. The average Bonchev–Trinajstić information content (AvgIpc) is 2.88. The first-order valence-corrected chi connectivity index (χ1v) is 8.17. The van der Waals surface area contributed by atoms with Crippen molar-refractivity contribution in [3.05, 3.63) is 24.2 Å². The Kier molecular flexibility index (Phi) is 2.83.